The Balaban J connectivity index is 2.96. The van der Waals surface area contributed by atoms with Crippen molar-refractivity contribution in [2.24, 2.45) is 11.7 Å². The summed E-state index contributed by atoms with van der Waals surface area (Å²) in [6.07, 6.45) is 1.16. The number of H-pyrrole nitrogens is 1. The van der Waals surface area contributed by atoms with Gasteiger partial charge in [0.15, 0.2) is 0 Å². The fraction of sp³-hybridized carbons (Fsp3) is 0.619. The molecule has 0 saturated carbocycles. The van der Waals surface area contributed by atoms with E-state index in [2.05, 4.69) is 25.9 Å². The predicted molar refractivity (Wildman–Crippen MR) is 122 cm³/mol. The van der Waals surface area contributed by atoms with Crippen molar-refractivity contribution in [2.75, 3.05) is 0 Å². The van der Waals surface area contributed by atoms with Gasteiger partial charge in [-0.2, -0.15) is 0 Å². The topological polar surface area (TPSA) is 237 Å². The van der Waals surface area contributed by atoms with Gasteiger partial charge in [-0.1, -0.05) is 20.3 Å². The highest BCUT2D eigenvalue weighted by Crippen LogP contribution is 2.10. The van der Waals surface area contributed by atoms with E-state index in [9.17, 15) is 34.2 Å². The van der Waals surface area contributed by atoms with Gasteiger partial charge in [-0.05, 0) is 19.3 Å². The van der Waals surface area contributed by atoms with E-state index in [0.717, 1.165) is 0 Å². The van der Waals surface area contributed by atoms with Gasteiger partial charge in [0, 0.05) is 24.7 Å². The molecule has 6 atom stereocenters. The van der Waals surface area contributed by atoms with Crippen molar-refractivity contribution < 1.29 is 39.3 Å². The molecule has 35 heavy (non-hydrogen) atoms. The van der Waals surface area contributed by atoms with Crippen LogP contribution < -0.4 is 21.7 Å². The molecule has 0 aromatic carbocycles. The molecule has 1 rings (SSSR count). The lowest BCUT2D eigenvalue weighted by Gasteiger charge is -2.27. The van der Waals surface area contributed by atoms with Crippen LogP contribution in [-0.2, 0) is 30.4 Å². The number of imidazole rings is 1. The number of rotatable bonds is 15. The zero-order chi connectivity index (χ0) is 26.7. The minimum atomic E-state index is -1.51. The Morgan fingerprint density at radius 1 is 1.03 bits per heavy atom. The van der Waals surface area contributed by atoms with Crippen LogP contribution in [0, 0.1) is 5.92 Å². The molecule has 3 amide bonds. The van der Waals surface area contributed by atoms with Crippen LogP contribution in [0.1, 0.15) is 45.7 Å². The summed E-state index contributed by atoms with van der Waals surface area (Å²) in [5, 5.41) is 35.4. The average Bonchev–Trinajstić information content (AvgIpc) is 3.29. The second-order valence-corrected chi connectivity index (χ2v) is 8.32. The molecule has 196 valence electrons. The van der Waals surface area contributed by atoms with Gasteiger partial charge in [-0.25, -0.2) is 9.78 Å². The normalized spacial score (nSPS) is 16.1. The summed E-state index contributed by atoms with van der Waals surface area (Å²) in [6, 6.07) is -5.28. The SMILES string of the molecule is CCC(C)C(NC(=O)C(CCC(=O)O)NC(=O)C(NC(=O)C(N)Cc1cnc[nH]1)C(C)O)C(=O)O. The summed E-state index contributed by atoms with van der Waals surface area (Å²) in [6.45, 7) is 4.60. The van der Waals surface area contributed by atoms with Crippen LogP contribution in [0.3, 0.4) is 0 Å². The van der Waals surface area contributed by atoms with Crippen molar-refractivity contribution in [1.82, 2.24) is 25.9 Å². The molecule has 0 aliphatic heterocycles. The summed E-state index contributed by atoms with van der Waals surface area (Å²) in [4.78, 5) is 67.3. The maximum absolute atomic E-state index is 12.8. The van der Waals surface area contributed by atoms with Crippen molar-refractivity contribution in [2.45, 2.75) is 76.7 Å². The third-order valence-corrected chi connectivity index (χ3v) is 5.45. The Morgan fingerprint density at radius 2 is 1.66 bits per heavy atom. The second kappa shape index (κ2) is 14.0. The molecular weight excluding hydrogens is 464 g/mol. The monoisotopic (exact) mass is 498 g/mol. The quantitative estimate of drug-likeness (QED) is 0.134. The second-order valence-electron chi connectivity index (χ2n) is 8.32. The Kier molecular flexibility index (Phi) is 11.8. The summed E-state index contributed by atoms with van der Waals surface area (Å²) in [7, 11) is 0. The molecule has 1 aromatic heterocycles. The number of aliphatic hydroxyl groups is 1. The molecule has 0 saturated heterocycles. The molecule has 1 aromatic rings. The van der Waals surface area contributed by atoms with Crippen molar-refractivity contribution in [3.05, 3.63) is 18.2 Å². The largest absolute Gasteiger partial charge is 0.481 e. The summed E-state index contributed by atoms with van der Waals surface area (Å²) >= 11 is 0. The molecule has 0 spiro atoms. The van der Waals surface area contributed by atoms with Gasteiger partial charge in [-0.15, -0.1) is 0 Å². The fourth-order valence-corrected chi connectivity index (χ4v) is 3.13. The first-order valence-corrected chi connectivity index (χ1v) is 11.1. The van der Waals surface area contributed by atoms with Crippen LogP contribution in [-0.4, -0.2) is 85.2 Å². The molecule has 0 fully saturated rings. The Morgan fingerprint density at radius 3 is 2.14 bits per heavy atom. The highest BCUT2D eigenvalue weighted by molar-refractivity contribution is 5.94. The summed E-state index contributed by atoms with van der Waals surface area (Å²) in [5.74, 6) is -5.58. The van der Waals surface area contributed by atoms with E-state index >= 15 is 0 Å². The first-order valence-electron chi connectivity index (χ1n) is 11.1. The number of nitrogens with two attached hydrogens (primary N) is 1. The lowest BCUT2D eigenvalue weighted by Crippen LogP contribution is -2.60. The van der Waals surface area contributed by atoms with Gasteiger partial charge < -0.3 is 42.0 Å². The van der Waals surface area contributed by atoms with Gasteiger partial charge in [0.05, 0.1) is 18.5 Å². The number of nitrogens with one attached hydrogen (secondary N) is 4. The number of nitrogens with zero attached hydrogens (tertiary/aromatic N) is 1. The van der Waals surface area contributed by atoms with Gasteiger partial charge in [0.2, 0.25) is 17.7 Å². The lowest BCUT2D eigenvalue weighted by atomic mass is 9.98. The van der Waals surface area contributed by atoms with E-state index in [0.29, 0.717) is 12.1 Å². The van der Waals surface area contributed by atoms with Crippen LogP contribution in [0.4, 0.5) is 0 Å². The Hall–Kier alpha value is -3.52. The number of aromatic nitrogens is 2. The number of hydrogen-bond acceptors (Lipinski definition) is 8. The molecule has 0 aliphatic rings. The van der Waals surface area contributed by atoms with Crippen LogP contribution in [0.15, 0.2) is 12.5 Å². The molecule has 0 radical (unpaired) electrons. The number of carboxylic acid groups (broad SMARTS) is 2. The number of aliphatic hydroxyl groups excluding tert-OH is 1. The lowest BCUT2D eigenvalue weighted by molar-refractivity contribution is -0.144. The van der Waals surface area contributed by atoms with Crippen LogP contribution >= 0.6 is 0 Å². The number of carboxylic acids is 2. The Bertz CT molecular complexity index is 875. The standard InChI is InChI=1S/C21H34N6O8/c1-4-10(2)16(21(34)35)26-19(32)14(5-6-15(29)30)25-20(33)17(11(3)28)27-18(31)13(22)7-12-8-23-9-24-12/h8-11,13-14,16-17,28H,4-7,22H2,1-3H3,(H,23,24)(H,25,33)(H,26,32)(H,27,31)(H,29,30)(H,34,35). The number of aromatic amines is 1. The van der Waals surface area contributed by atoms with Crippen LogP contribution in [0.5, 0.6) is 0 Å². The van der Waals surface area contributed by atoms with Crippen molar-refractivity contribution in [1.29, 1.82) is 0 Å². The summed E-state index contributed by atoms with van der Waals surface area (Å²) < 4.78 is 0. The average molecular weight is 499 g/mol. The molecule has 6 unspecified atom stereocenters. The Labute approximate surface area is 202 Å². The first-order chi connectivity index (χ1) is 16.4. The molecule has 0 bridgehead atoms. The first kappa shape index (κ1) is 29.5. The third kappa shape index (κ3) is 9.70. The summed E-state index contributed by atoms with van der Waals surface area (Å²) in [5.41, 5.74) is 6.43. The predicted octanol–water partition coefficient (Wildman–Crippen LogP) is -1.89. The number of carbonyl (C=O) groups excluding carboxylic acids is 3. The molecule has 14 nitrogen and oxygen atoms in total. The minimum absolute atomic E-state index is 0.0792. The highest BCUT2D eigenvalue weighted by Gasteiger charge is 2.33. The fourth-order valence-electron chi connectivity index (χ4n) is 3.13. The number of hydrogen-bond donors (Lipinski definition) is 8. The van der Waals surface area contributed by atoms with Gasteiger partial charge in [0.25, 0.3) is 0 Å². The maximum atomic E-state index is 12.8. The molecule has 1 heterocycles. The van der Waals surface area contributed by atoms with E-state index in [4.69, 9.17) is 10.8 Å². The van der Waals surface area contributed by atoms with Crippen LogP contribution in [0.2, 0.25) is 0 Å². The molecular formula is C21H34N6O8. The zero-order valence-electron chi connectivity index (χ0n) is 19.9. The van der Waals surface area contributed by atoms with Crippen molar-refractivity contribution >= 4 is 29.7 Å². The van der Waals surface area contributed by atoms with Gasteiger partial charge >= 0.3 is 11.9 Å². The molecule has 0 aliphatic carbocycles. The zero-order valence-corrected chi connectivity index (χ0v) is 19.9. The molecule has 14 heteroatoms. The van der Waals surface area contributed by atoms with Crippen molar-refractivity contribution in [3.63, 3.8) is 0 Å². The number of carbonyl (C=O) groups is 5. The van der Waals surface area contributed by atoms with Gasteiger partial charge in [0.1, 0.15) is 18.1 Å². The van der Waals surface area contributed by atoms with Crippen molar-refractivity contribution in [3.8, 4) is 0 Å². The number of amides is 3. The number of aliphatic carboxylic acids is 2. The highest BCUT2D eigenvalue weighted by atomic mass is 16.4. The van der Waals surface area contributed by atoms with E-state index < -0.39 is 72.3 Å². The van der Waals surface area contributed by atoms with E-state index in [-0.39, 0.29) is 12.8 Å². The third-order valence-electron chi connectivity index (χ3n) is 5.45. The maximum Gasteiger partial charge on any atom is 0.326 e. The smallest absolute Gasteiger partial charge is 0.326 e. The van der Waals surface area contributed by atoms with Crippen LogP contribution in [0.25, 0.3) is 0 Å². The van der Waals surface area contributed by atoms with E-state index in [1.807, 2.05) is 0 Å². The van der Waals surface area contributed by atoms with E-state index in [1.165, 1.54) is 19.4 Å². The molecule has 9 N–H and O–H groups in total. The minimum Gasteiger partial charge on any atom is -0.481 e. The van der Waals surface area contributed by atoms with Gasteiger partial charge in [-0.3, -0.25) is 19.2 Å². The van der Waals surface area contributed by atoms with E-state index in [1.54, 1.807) is 13.8 Å².